The van der Waals surface area contributed by atoms with Gasteiger partial charge in [0.15, 0.2) is 12.4 Å². The molecule has 4 N–H and O–H groups in total. The van der Waals surface area contributed by atoms with E-state index < -0.39 is 71.2 Å². The van der Waals surface area contributed by atoms with Crippen molar-refractivity contribution in [2.75, 3.05) is 19.0 Å². The fourth-order valence-corrected chi connectivity index (χ4v) is 6.73. The van der Waals surface area contributed by atoms with Gasteiger partial charge in [-0.2, -0.15) is 8.42 Å². The van der Waals surface area contributed by atoms with Crippen LogP contribution in [0.15, 0.2) is 85.1 Å². The lowest BCUT2D eigenvalue weighted by Gasteiger charge is -2.40. The fraction of sp³-hybridized carbons (Fsp3) is 0.660. The van der Waals surface area contributed by atoms with E-state index in [1.54, 1.807) is 0 Å². The average Bonchev–Trinajstić information content (AvgIpc) is 3.21. The van der Waals surface area contributed by atoms with Gasteiger partial charge >= 0.3 is 11.9 Å². The van der Waals surface area contributed by atoms with Crippen molar-refractivity contribution < 1.29 is 56.8 Å². The Labute approximate surface area is 360 Å². The van der Waals surface area contributed by atoms with Gasteiger partial charge in [0.25, 0.3) is 10.1 Å². The Morgan fingerprint density at radius 2 is 1.07 bits per heavy atom. The predicted molar refractivity (Wildman–Crippen MR) is 238 cm³/mol. The number of esters is 2. The van der Waals surface area contributed by atoms with E-state index in [2.05, 4.69) is 86.8 Å². The summed E-state index contributed by atoms with van der Waals surface area (Å²) >= 11 is 0. The molecule has 0 aromatic carbocycles. The minimum atomic E-state index is -4.61. The minimum Gasteiger partial charge on any atom is -0.462 e. The molecule has 1 rings (SSSR count). The molecule has 13 heteroatoms. The zero-order valence-corrected chi connectivity index (χ0v) is 37.1. The highest BCUT2D eigenvalue weighted by Crippen LogP contribution is 2.24. The summed E-state index contributed by atoms with van der Waals surface area (Å²) in [6.07, 6.45) is 37.7. The molecule has 342 valence electrons. The molecule has 0 radical (unpaired) electrons. The van der Waals surface area contributed by atoms with Crippen molar-refractivity contribution in [3.8, 4) is 0 Å². The average molecular weight is 865 g/mol. The minimum absolute atomic E-state index is 0.131. The molecule has 6 atom stereocenters. The van der Waals surface area contributed by atoms with E-state index in [4.69, 9.17) is 18.9 Å². The largest absolute Gasteiger partial charge is 0.462 e. The van der Waals surface area contributed by atoms with Crippen LogP contribution in [0.25, 0.3) is 0 Å². The van der Waals surface area contributed by atoms with Crippen LogP contribution in [-0.2, 0) is 38.7 Å². The van der Waals surface area contributed by atoms with Crippen LogP contribution in [0.2, 0.25) is 0 Å². The molecule has 1 saturated heterocycles. The Morgan fingerprint density at radius 3 is 1.62 bits per heavy atom. The fourth-order valence-electron chi connectivity index (χ4n) is 6.03. The molecule has 0 aliphatic carbocycles. The van der Waals surface area contributed by atoms with Crippen LogP contribution < -0.4 is 0 Å². The second-order valence-electron chi connectivity index (χ2n) is 15.0. The number of unbranched alkanes of at least 4 members (excludes halogenated alkanes) is 9. The zero-order chi connectivity index (χ0) is 44.1. The Morgan fingerprint density at radius 1 is 0.583 bits per heavy atom. The predicted octanol–water partition coefficient (Wildman–Crippen LogP) is 8.89. The van der Waals surface area contributed by atoms with Gasteiger partial charge in [-0.25, -0.2) is 0 Å². The summed E-state index contributed by atoms with van der Waals surface area (Å²) in [5, 5.41) is 30.9. The SMILES string of the molecule is CC/C=C/C/C=C/C/C=C/C/C=C/C/C=C/CCCC(=O)OC[C@H](CO[C@H]1O[C@H](CS(=O)(=O)O)[C@@H](O)C(O)C1O)OC(=O)CCCCCCC/C=C/C/C=C/CCCCC. The third-order valence-corrected chi connectivity index (χ3v) is 10.2. The van der Waals surface area contributed by atoms with Crippen molar-refractivity contribution >= 4 is 22.1 Å². The maximum absolute atomic E-state index is 12.8. The van der Waals surface area contributed by atoms with Gasteiger partial charge in [0.2, 0.25) is 0 Å². The molecule has 12 nitrogen and oxygen atoms in total. The molecular weight excluding hydrogens is 789 g/mol. The number of aliphatic hydroxyl groups excluding tert-OH is 3. The van der Waals surface area contributed by atoms with Crippen LogP contribution in [0.1, 0.15) is 142 Å². The van der Waals surface area contributed by atoms with Crippen LogP contribution in [-0.4, -0.2) is 96.0 Å². The molecule has 2 unspecified atom stereocenters. The third kappa shape index (κ3) is 30.8. The standard InChI is InChI=1S/C47H76O12S/c1-3-5-7-9-11-13-15-17-19-20-22-23-25-27-29-31-33-35-42(48)56-37-40(38-57-47-46(52)45(51)44(50)41(59-47)39-60(53,54)55)58-43(49)36-34-32-30-28-26-24-21-18-16-14-12-10-8-6-4-2/h5,7,11-14,17-19,21-23,27,29,40-41,44-47,50-52H,3-4,6,8-10,15-16,20,24-26,28,30-39H2,1-2H3,(H,53,54,55)/b7-5+,13-11+,14-12+,19-17+,21-18+,23-22+,29-27+/t40-,41-,44-,45?,46?,47+/m1/s1. The van der Waals surface area contributed by atoms with Crippen molar-refractivity contribution in [2.45, 2.75) is 179 Å². The monoisotopic (exact) mass is 865 g/mol. The summed E-state index contributed by atoms with van der Waals surface area (Å²) in [5.74, 6) is -2.09. The summed E-state index contributed by atoms with van der Waals surface area (Å²) < 4.78 is 54.0. The Kier molecular flexibility index (Phi) is 33.3. The molecule has 0 aromatic rings. The molecule has 1 heterocycles. The molecule has 0 aromatic heterocycles. The number of rotatable bonds is 35. The lowest BCUT2D eigenvalue weighted by atomic mass is 10.00. The van der Waals surface area contributed by atoms with Gasteiger partial charge in [-0.15, -0.1) is 0 Å². The summed E-state index contributed by atoms with van der Waals surface area (Å²) in [7, 11) is -4.61. The van der Waals surface area contributed by atoms with Gasteiger partial charge in [0.05, 0.1) is 6.61 Å². The first-order valence-corrected chi connectivity index (χ1v) is 23.8. The summed E-state index contributed by atoms with van der Waals surface area (Å²) in [6.45, 7) is 3.54. The maximum atomic E-state index is 12.8. The summed E-state index contributed by atoms with van der Waals surface area (Å²) in [4.78, 5) is 25.4. The molecule has 1 aliphatic rings. The van der Waals surface area contributed by atoms with Gasteiger partial charge in [-0.3, -0.25) is 14.1 Å². The highest BCUT2D eigenvalue weighted by Gasteiger charge is 2.46. The van der Waals surface area contributed by atoms with Crippen molar-refractivity contribution in [1.29, 1.82) is 0 Å². The highest BCUT2D eigenvalue weighted by molar-refractivity contribution is 7.85. The number of carbonyl (C=O) groups is 2. The molecule has 0 saturated carbocycles. The topological polar surface area (TPSA) is 186 Å². The first-order chi connectivity index (χ1) is 29.0. The molecule has 1 fully saturated rings. The molecule has 60 heavy (non-hydrogen) atoms. The number of aliphatic hydroxyl groups is 3. The summed E-state index contributed by atoms with van der Waals surface area (Å²) in [6, 6.07) is 0. The van der Waals surface area contributed by atoms with Gasteiger partial charge in [0.1, 0.15) is 36.8 Å². The molecule has 1 aliphatic heterocycles. The van der Waals surface area contributed by atoms with Crippen LogP contribution in [0, 0.1) is 0 Å². The van der Waals surface area contributed by atoms with Crippen LogP contribution >= 0.6 is 0 Å². The van der Waals surface area contributed by atoms with Crippen molar-refractivity contribution in [3.05, 3.63) is 85.1 Å². The quantitative estimate of drug-likeness (QED) is 0.0206. The number of hydrogen-bond donors (Lipinski definition) is 4. The smallest absolute Gasteiger partial charge is 0.306 e. The number of carbonyl (C=O) groups excluding carboxylic acids is 2. The molecule has 0 amide bonds. The van der Waals surface area contributed by atoms with Gasteiger partial charge in [0, 0.05) is 12.8 Å². The Bertz CT molecular complexity index is 1430. The Hall–Kier alpha value is -3.17. The number of hydrogen-bond acceptors (Lipinski definition) is 11. The van der Waals surface area contributed by atoms with E-state index >= 15 is 0 Å². The van der Waals surface area contributed by atoms with Crippen molar-refractivity contribution in [1.82, 2.24) is 0 Å². The second-order valence-corrected chi connectivity index (χ2v) is 16.5. The van der Waals surface area contributed by atoms with Crippen LogP contribution in [0.5, 0.6) is 0 Å². The third-order valence-electron chi connectivity index (χ3n) is 9.46. The van der Waals surface area contributed by atoms with Gasteiger partial charge in [-0.05, 0) is 83.5 Å². The van der Waals surface area contributed by atoms with Crippen molar-refractivity contribution in [3.63, 3.8) is 0 Å². The molecule has 0 bridgehead atoms. The number of allylic oxidation sites excluding steroid dienone is 14. The van der Waals surface area contributed by atoms with E-state index in [-0.39, 0.29) is 19.4 Å². The molecular formula is C47H76O12S. The van der Waals surface area contributed by atoms with E-state index in [0.717, 1.165) is 77.0 Å². The zero-order valence-electron chi connectivity index (χ0n) is 36.3. The van der Waals surface area contributed by atoms with Gasteiger partial charge in [-0.1, -0.05) is 131 Å². The van der Waals surface area contributed by atoms with Crippen molar-refractivity contribution in [2.24, 2.45) is 0 Å². The van der Waals surface area contributed by atoms with Crippen LogP contribution in [0.4, 0.5) is 0 Å². The van der Waals surface area contributed by atoms with E-state index in [1.165, 1.54) is 19.3 Å². The normalized spacial score (nSPS) is 20.9. The number of ether oxygens (including phenoxy) is 4. The Balaban J connectivity index is 2.52. The lowest BCUT2D eigenvalue weighted by molar-refractivity contribution is -0.297. The first-order valence-electron chi connectivity index (χ1n) is 22.1. The second kappa shape index (κ2) is 36.5. The highest BCUT2D eigenvalue weighted by atomic mass is 32.2. The summed E-state index contributed by atoms with van der Waals surface area (Å²) in [5.41, 5.74) is 0. The van der Waals surface area contributed by atoms with E-state index in [0.29, 0.717) is 19.3 Å². The van der Waals surface area contributed by atoms with Crippen LogP contribution in [0.3, 0.4) is 0 Å². The lowest BCUT2D eigenvalue weighted by Crippen LogP contribution is -2.60. The maximum Gasteiger partial charge on any atom is 0.306 e. The van der Waals surface area contributed by atoms with Gasteiger partial charge < -0.3 is 34.3 Å². The van der Waals surface area contributed by atoms with E-state index in [1.807, 2.05) is 12.2 Å². The van der Waals surface area contributed by atoms with E-state index in [9.17, 15) is 37.9 Å². The first kappa shape index (κ1) is 54.8. The molecule has 0 spiro atoms.